The molecule has 0 aliphatic rings. The van der Waals surface area contributed by atoms with E-state index in [1.807, 2.05) is 0 Å². The summed E-state index contributed by atoms with van der Waals surface area (Å²) in [6.45, 7) is 6.36. The first-order valence-corrected chi connectivity index (χ1v) is 28.7. The van der Waals surface area contributed by atoms with Gasteiger partial charge in [-0.1, -0.05) is 246 Å². The Morgan fingerprint density at radius 2 is 0.565 bits per heavy atom. The maximum atomic E-state index is 12.8. The normalized spacial score (nSPS) is 12.8. The first-order chi connectivity index (χ1) is 34.0. The smallest absolute Gasteiger partial charge is 0.306 e. The van der Waals surface area contributed by atoms with Crippen molar-refractivity contribution in [2.45, 2.75) is 271 Å². The van der Waals surface area contributed by atoms with E-state index in [1.54, 1.807) is 0 Å². The monoisotopic (exact) mass is 959 g/mol. The van der Waals surface area contributed by atoms with Crippen LogP contribution in [-0.4, -0.2) is 37.2 Å². The molecule has 0 aromatic rings. The van der Waals surface area contributed by atoms with E-state index >= 15 is 0 Å². The van der Waals surface area contributed by atoms with Crippen molar-refractivity contribution < 1.29 is 28.6 Å². The molecule has 0 heterocycles. The van der Waals surface area contributed by atoms with E-state index in [0.29, 0.717) is 19.3 Å². The number of esters is 3. The molecule has 0 saturated heterocycles. The Morgan fingerprint density at radius 1 is 0.304 bits per heavy atom. The third-order valence-corrected chi connectivity index (χ3v) is 12.1. The summed E-state index contributed by atoms with van der Waals surface area (Å²) >= 11 is 0. The lowest BCUT2D eigenvalue weighted by Crippen LogP contribution is -2.30. The Hall–Kier alpha value is -3.67. The summed E-state index contributed by atoms with van der Waals surface area (Å²) in [5.74, 6) is -0.915. The van der Waals surface area contributed by atoms with Crippen molar-refractivity contribution in [3.63, 3.8) is 0 Å². The van der Waals surface area contributed by atoms with Crippen LogP contribution in [0.2, 0.25) is 0 Å². The molecule has 6 nitrogen and oxygen atoms in total. The van der Waals surface area contributed by atoms with Crippen LogP contribution in [0.15, 0.2) is 97.2 Å². The number of carbonyl (C=O) groups is 3. The van der Waals surface area contributed by atoms with Crippen LogP contribution in [0.25, 0.3) is 0 Å². The Balaban J connectivity index is 4.16. The molecule has 0 N–H and O–H groups in total. The summed E-state index contributed by atoms with van der Waals surface area (Å²) in [4.78, 5) is 37.9. The molecule has 0 fully saturated rings. The van der Waals surface area contributed by atoms with E-state index in [-0.39, 0.29) is 31.1 Å². The van der Waals surface area contributed by atoms with E-state index in [9.17, 15) is 14.4 Å². The minimum absolute atomic E-state index is 0.0863. The van der Waals surface area contributed by atoms with Gasteiger partial charge in [0.2, 0.25) is 0 Å². The molecule has 1 atom stereocenters. The largest absolute Gasteiger partial charge is 0.462 e. The minimum Gasteiger partial charge on any atom is -0.462 e. The van der Waals surface area contributed by atoms with Crippen molar-refractivity contribution in [1.29, 1.82) is 0 Å². The second kappa shape index (κ2) is 56.9. The molecule has 0 spiro atoms. The zero-order valence-electron chi connectivity index (χ0n) is 45.0. The highest BCUT2D eigenvalue weighted by Gasteiger charge is 2.19. The SMILES string of the molecule is CC/C=C\C/C=C\C/C=C\C/C=C\CCCCCCCCCCCCCCCCC(=O)OCC(COC(=O)CCCCCCCCC)OC(=O)CCCCCC/C=C\C/C=C\C/C=C\C/C=C\CC. The Kier molecular flexibility index (Phi) is 53.9. The molecule has 0 aliphatic heterocycles. The Bertz CT molecular complexity index is 1380. The van der Waals surface area contributed by atoms with Gasteiger partial charge in [0, 0.05) is 19.3 Å². The quantitative estimate of drug-likeness (QED) is 0.0262. The van der Waals surface area contributed by atoms with Crippen LogP contribution < -0.4 is 0 Å². The van der Waals surface area contributed by atoms with Gasteiger partial charge < -0.3 is 14.2 Å². The van der Waals surface area contributed by atoms with Crippen LogP contribution >= 0.6 is 0 Å². The van der Waals surface area contributed by atoms with Crippen molar-refractivity contribution in [1.82, 2.24) is 0 Å². The predicted molar refractivity (Wildman–Crippen MR) is 297 cm³/mol. The highest BCUT2D eigenvalue weighted by Crippen LogP contribution is 2.15. The summed E-state index contributed by atoms with van der Waals surface area (Å²) in [7, 11) is 0. The van der Waals surface area contributed by atoms with Crippen LogP contribution in [0.5, 0.6) is 0 Å². The lowest BCUT2D eigenvalue weighted by molar-refractivity contribution is -0.167. The minimum atomic E-state index is -0.787. The molecule has 0 saturated carbocycles. The summed E-state index contributed by atoms with van der Waals surface area (Å²) in [5.41, 5.74) is 0. The van der Waals surface area contributed by atoms with Crippen LogP contribution in [0.3, 0.4) is 0 Å². The molecule has 0 aliphatic carbocycles. The van der Waals surface area contributed by atoms with Gasteiger partial charge in [-0.2, -0.15) is 0 Å². The highest BCUT2D eigenvalue weighted by atomic mass is 16.6. The summed E-state index contributed by atoms with van der Waals surface area (Å²) < 4.78 is 16.8. The van der Waals surface area contributed by atoms with Gasteiger partial charge in [-0.3, -0.25) is 14.4 Å². The zero-order valence-corrected chi connectivity index (χ0v) is 45.0. The lowest BCUT2D eigenvalue weighted by atomic mass is 10.0. The van der Waals surface area contributed by atoms with Crippen molar-refractivity contribution in [3.8, 4) is 0 Å². The first-order valence-electron chi connectivity index (χ1n) is 28.7. The van der Waals surface area contributed by atoms with Gasteiger partial charge in [0.1, 0.15) is 13.2 Å². The average molecular weight is 960 g/mol. The maximum absolute atomic E-state index is 12.8. The standard InChI is InChI=1S/C63H106O6/c1-4-7-10-13-16-18-20-22-24-26-27-28-29-30-31-32-33-34-35-37-38-40-42-44-47-50-53-56-62(65)68-59-60(58-67-61(64)55-52-49-46-15-12-9-6-3)69-63(66)57-54-51-48-45-43-41-39-36-25-23-21-19-17-14-11-8-5-2/h7-8,10-11,16-19,22-25,27-28,39,41,60H,4-6,9,12-15,20-21,26,29-38,40,42-59H2,1-3H3/b10-7-,11-8-,18-16-,19-17-,24-22-,25-23-,28-27-,41-39-. The van der Waals surface area contributed by atoms with E-state index in [1.165, 1.54) is 103 Å². The molecular formula is C63H106O6. The highest BCUT2D eigenvalue weighted by molar-refractivity contribution is 5.71. The van der Waals surface area contributed by atoms with Gasteiger partial charge in [0.15, 0.2) is 6.10 Å². The van der Waals surface area contributed by atoms with Crippen molar-refractivity contribution in [2.75, 3.05) is 13.2 Å². The number of hydrogen-bond donors (Lipinski definition) is 0. The molecule has 0 radical (unpaired) electrons. The van der Waals surface area contributed by atoms with Crippen molar-refractivity contribution in [3.05, 3.63) is 97.2 Å². The molecule has 1 unspecified atom stereocenters. The molecule has 0 bridgehead atoms. The fraction of sp³-hybridized carbons (Fsp3) is 0.698. The van der Waals surface area contributed by atoms with Gasteiger partial charge in [0.25, 0.3) is 0 Å². The molecule has 0 rings (SSSR count). The lowest BCUT2D eigenvalue weighted by Gasteiger charge is -2.18. The number of hydrogen-bond acceptors (Lipinski definition) is 6. The van der Waals surface area contributed by atoms with Gasteiger partial charge in [-0.25, -0.2) is 0 Å². The van der Waals surface area contributed by atoms with Crippen LogP contribution in [0, 0.1) is 0 Å². The summed E-state index contributed by atoms with van der Waals surface area (Å²) in [6, 6.07) is 0. The second-order valence-corrected chi connectivity index (χ2v) is 18.8. The van der Waals surface area contributed by atoms with Crippen LogP contribution in [-0.2, 0) is 28.6 Å². The van der Waals surface area contributed by atoms with Gasteiger partial charge in [0.05, 0.1) is 0 Å². The summed E-state index contributed by atoms with van der Waals surface area (Å²) in [5, 5.41) is 0. The summed E-state index contributed by atoms with van der Waals surface area (Å²) in [6.07, 6.45) is 75.7. The average Bonchev–Trinajstić information content (AvgIpc) is 3.35. The van der Waals surface area contributed by atoms with Crippen molar-refractivity contribution >= 4 is 17.9 Å². The van der Waals surface area contributed by atoms with E-state index in [2.05, 4.69) is 118 Å². The van der Waals surface area contributed by atoms with E-state index in [4.69, 9.17) is 14.2 Å². The predicted octanol–water partition coefficient (Wildman–Crippen LogP) is 19.3. The van der Waals surface area contributed by atoms with Gasteiger partial charge in [-0.05, 0) is 96.3 Å². The molecule has 0 amide bonds. The van der Waals surface area contributed by atoms with Crippen LogP contribution in [0.4, 0.5) is 0 Å². The van der Waals surface area contributed by atoms with Gasteiger partial charge in [-0.15, -0.1) is 0 Å². The fourth-order valence-corrected chi connectivity index (χ4v) is 7.84. The number of unbranched alkanes of at least 4 members (excludes halogenated alkanes) is 24. The van der Waals surface area contributed by atoms with Crippen molar-refractivity contribution in [2.24, 2.45) is 0 Å². The number of rotatable bonds is 51. The molecular weight excluding hydrogens is 853 g/mol. The molecule has 394 valence electrons. The molecule has 6 heteroatoms. The van der Waals surface area contributed by atoms with Gasteiger partial charge >= 0.3 is 17.9 Å². The molecule has 69 heavy (non-hydrogen) atoms. The Morgan fingerprint density at radius 3 is 0.884 bits per heavy atom. The topological polar surface area (TPSA) is 78.9 Å². The third kappa shape index (κ3) is 55.1. The first kappa shape index (κ1) is 65.3. The second-order valence-electron chi connectivity index (χ2n) is 18.8. The van der Waals surface area contributed by atoms with Crippen LogP contribution in [0.1, 0.15) is 265 Å². The third-order valence-electron chi connectivity index (χ3n) is 12.1. The fourth-order valence-electron chi connectivity index (χ4n) is 7.84. The van der Waals surface area contributed by atoms with E-state index in [0.717, 1.165) is 122 Å². The Labute approximate surface area is 426 Å². The molecule has 0 aromatic heterocycles. The zero-order chi connectivity index (χ0) is 50.0. The number of allylic oxidation sites excluding steroid dienone is 16. The number of carbonyl (C=O) groups excluding carboxylic acids is 3. The van der Waals surface area contributed by atoms with E-state index < -0.39 is 6.10 Å². The maximum Gasteiger partial charge on any atom is 0.306 e. The molecule has 0 aromatic carbocycles. The number of ether oxygens (including phenoxy) is 3.